The van der Waals surface area contributed by atoms with E-state index < -0.39 is 24.3 Å². The van der Waals surface area contributed by atoms with E-state index in [1.54, 1.807) is 0 Å². The molecule has 2 aromatic rings. The molecule has 2 aliphatic rings. The Bertz CT molecular complexity index is 1070. The van der Waals surface area contributed by atoms with Crippen LogP contribution in [0.25, 0.3) is 10.9 Å². The van der Waals surface area contributed by atoms with Gasteiger partial charge in [0.25, 0.3) is 0 Å². The molecule has 0 bridgehead atoms. The van der Waals surface area contributed by atoms with E-state index in [4.69, 9.17) is 34.3 Å². The number of carboxylic acid groups (broad SMARTS) is 2. The van der Waals surface area contributed by atoms with E-state index in [1.807, 2.05) is 12.1 Å². The van der Waals surface area contributed by atoms with Gasteiger partial charge in [-0.1, -0.05) is 30.3 Å². The topological polar surface area (TPSA) is 109 Å². The van der Waals surface area contributed by atoms with Gasteiger partial charge in [0, 0.05) is 24.5 Å². The number of hydrogen-bond acceptors (Lipinski definition) is 6. The quantitative estimate of drug-likeness (QED) is 0.414. The molecule has 0 radical (unpaired) electrons. The minimum absolute atomic E-state index is 0.180. The molecule has 0 amide bonds. The summed E-state index contributed by atoms with van der Waals surface area (Å²) in [5.41, 5.74) is 2.20. The Morgan fingerprint density at radius 2 is 1.66 bits per heavy atom. The summed E-state index contributed by atoms with van der Waals surface area (Å²) in [6, 6.07) is 13.0. The number of aromatic nitrogens is 1. The predicted octanol–water partition coefficient (Wildman–Crippen LogP) is 4.44. The zero-order valence-corrected chi connectivity index (χ0v) is 19.9. The first-order chi connectivity index (χ1) is 17.7. The lowest BCUT2D eigenvalue weighted by atomic mass is 10.1. The predicted molar refractivity (Wildman–Crippen MR) is 122 cm³/mol. The van der Waals surface area contributed by atoms with Crippen LogP contribution in [0, 0.1) is 0 Å². The van der Waals surface area contributed by atoms with Crippen LogP contribution in [0.2, 0.25) is 0 Å². The number of morpholine rings is 1. The molecule has 1 aromatic carbocycles. The minimum atomic E-state index is -5.08. The van der Waals surface area contributed by atoms with Gasteiger partial charge in [0.2, 0.25) is 0 Å². The number of halogens is 6. The van der Waals surface area contributed by atoms with Gasteiger partial charge < -0.3 is 19.7 Å². The molecule has 1 aliphatic carbocycles. The van der Waals surface area contributed by atoms with E-state index in [2.05, 4.69) is 41.8 Å². The normalized spacial score (nSPS) is 21.4. The fourth-order valence-electron chi connectivity index (χ4n) is 3.96. The van der Waals surface area contributed by atoms with Crippen LogP contribution in [-0.2, 0) is 25.6 Å². The number of nitrogens with zero attached hydrogens (tertiary/aromatic N) is 2. The van der Waals surface area contributed by atoms with Gasteiger partial charge in [-0.05, 0) is 25.0 Å². The number of para-hydroxylation sites is 1. The summed E-state index contributed by atoms with van der Waals surface area (Å²) in [5, 5.41) is 15.4. The lowest BCUT2D eigenvalue weighted by molar-refractivity contribution is -0.193. The Morgan fingerprint density at radius 1 is 1.05 bits per heavy atom. The lowest BCUT2D eigenvalue weighted by Gasteiger charge is -2.38. The third-order valence-corrected chi connectivity index (χ3v) is 5.58. The van der Waals surface area contributed by atoms with E-state index >= 15 is 0 Å². The summed E-state index contributed by atoms with van der Waals surface area (Å²) in [6.07, 6.45) is -5.79. The van der Waals surface area contributed by atoms with E-state index in [0.29, 0.717) is 12.6 Å². The number of rotatable bonds is 5. The summed E-state index contributed by atoms with van der Waals surface area (Å²) < 4.78 is 75.4. The van der Waals surface area contributed by atoms with E-state index in [1.165, 1.54) is 5.39 Å². The Balaban J connectivity index is 0.000000301. The van der Waals surface area contributed by atoms with Crippen LogP contribution in [0.15, 0.2) is 49.1 Å². The van der Waals surface area contributed by atoms with Crippen molar-refractivity contribution in [3.05, 3.63) is 54.7 Å². The molecule has 2 fully saturated rings. The summed E-state index contributed by atoms with van der Waals surface area (Å²) in [6.45, 7) is 6.94. The monoisotopic (exact) mass is 552 g/mol. The molecular formula is C24H26F6N2O6. The maximum Gasteiger partial charge on any atom is 0.490 e. The van der Waals surface area contributed by atoms with Crippen molar-refractivity contribution in [3.8, 4) is 0 Å². The average Bonchev–Trinajstić information content (AvgIpc) is 3.26. The van der Waals surface area contributed by atoms with Crippen molar-refractivity contribution in [2.45, 2.75) is 50.0 Å². The zero-order chi connectivity index (χ0) is 28.5. The van der Waals surface area contributed by atoms with E-state index in [-0.39, 0.29) is 12.2 Å². The SMILES string of the molecule is C=CCO[C@@H]1CC[C@H]2[C@H]1OCCN2Cc1ccc2ccccc2n1.O=C(O)C(F)(F)F.O=C(O)C(F)(F)F. The number of ether oxygens (including phenoxy) is 2. The van der Waals surface area contributed by atoms with Crippen molar-refractivity contribution in [2.24, 2.45) is 0 Å². The Kier molecular flexibility index (Phi) is 11.0. The molecule has 3 atom stereocenters. The lowest BCUT2D eigenvalue weighted by Crippen LogP contribution is -2.51. The number of pyridine rings is 1. The molecule has 2 N–H and O–H groups in total. The van der Waals surface area contributed by atoms with E-state index in [9.17, 15) is 26.3 Å². The molecule has 210 valence electrons. The van der Waals surface area contributed by atoms with Crippen LogP contribution >= 0.6 is 0 Å². The number of alkyl halides is 6. The molecule has 14 heteroatoms. The molecule has 2 heterocycles. The number of fused-ring (bicyclic) bond motifs is 2. The van der Waals surface area contributed by atoms with Crippen molar-refractivity contribution in [1.29, 1.82) is 0 Å². The molecular weight excluding hydrogens is 526 g/mol. The summed E-state index contributed by atoms with van der Waals surface area (Å²) in [5.74, 6) is -5.51. The van der Waals surface area contributed by atoms with Crippen LogP contribution in [-0.4, -0.2) is 82.4 Å². The number of carboxylic acids is 2. The zero-order valence-electron chi connectivity index (χ0n) is 19.9. The maximum atomic E-state index is 10.6. The number of benzene rings is 1. The van der Waals surface area contributed by atoms with Crippen LogP contribution in [0.1, 0.15) is 18.5 Å². The fourth-order valence-corrected chi connectivity index (χ4v) is 3.96. The third-order valence-electron chi connectivity index (χ3n) is 5.58. The minimum Gasteiger partial charge on any atom is -0.475 e. The van der Waals surface area contributed by atoms with Crippen LogP contribution in [0.4, 0.5) is 26.3 Å². The van der Waals surface area contributed by atoms with Crippen LogP contribution < -0.4 is 0 Å². The van der Waals surface area contributed by atoms with Crippen molar-refractivity contribution < 1.29 is 55.6 Å². The second kappa shape index (κ2) is 13.5. The number of hydrogen-bond donors (Lipinski definition) is 2. The second-order valence-corrected chi connectivity index (χ2v) is 8.21. The smallest absolute Gasteiger partial charge is 0.475 e. The molecule has 1 saturated heterocycles. The molecule has 1 aliphatic heterocycles. The first-order valence-electron chi connectivity index (χ1n) is 11.3. The summed E-state index contributed by atoms with van der Waals surface area (Å²) >= 11 is 0. The van der Waals surface area contributed by atoms with Crippen molar-refractivity contribution in [2.75, 3.05) is 19.8 Å². The summed E-state index contributed by atoms with van der Waals surface area (Å²) in [4.78, 5) is 25.1. The average molecular weight is 552 g/mol. The van der Waals surface area contributed by atoms with Gasteiger partial charge >= 0.3 is 24.3 Å². The Morgan fingerprint density at radius 3 is 2.24 bits per heavy atom. The van der Waals surface area contributed by atoms with Crippen molar-refractivity contribution in [3.63, 3.8) is 0 Å². The van der Waals surface area contributed by atoms with Gasteiger partial charge in [0.1, 0.15) is 0 Å². The van der Waals surface area contributed by atoms with Gasteiger partial charge in [0.05, 0.1) is 36.6 Å². The molecule has 8 nitrogen and oxygen atoms in total. The number of aliphatic carboxylic acids is 2. The second-order valence-electron chi connectivity index (χ2n) is 8.21. The highest BCUT2D eigenvalue weighted by molar-refractivity contribution is 5.78. The maximum absolute atomic E-state index is 10.6. The van der Waals surface area contributed by atoms with Gasteiger partial charge in [-0.2, -0.15) is 26.3 Å². The molecule has 0 spiro atoms. The Labute approximate surface area is 213 Å². The van der Waals surface area contributed by atoms with Crippen LogP contribution in [0.5, 0.6) is 0 Å². The summed E-state index contributed by atoms with van der Waals surface area (Å²) in [7, 11) is 0. The largest absolute Gasteiger partial charge is 0.490 e. The molecule has 1 aromatic heterocycles. The molecule has 4 rings (SSSR count). The van der Waals surface area contributed by atoms with Crippen molar-refractivity contribution >= 4 is 22.8 Å². The molecule has 1 saturated carbocycles. The van der Waals surface area contributed by atoms with Gasteiger partial charge in [-0.3, -0.25) is 9.88 Å². The fraction of sp³-hybridized carbons (Fsp3) is 0.458. The van der Waals surface area contributed by atoms with Gasteiger partial charge in [0.15, 0.2) is 0 Å². The van der Waals surface area contributed by atoms with E-state index in [0.717, 1.165) is 43.7 Å². The first kappa shape index (κ1) is 31.0. The van der Waals surface area contributed by atoms with Crippen LogP contribution in [0.3, 0.4) is 0 Å². The number of carbonyl (C=O) groups is 2. The highest BCUT2D eigenvalue weighted by Crippen LogP contribution is 2.33. The highest BCUT2D eigenvalue weighted by Gasteiger charge is 2.43. The highest BCUT2D eigenvalue weighted by atomic mass is 19.4. The molecule has 0 unspecified atom stereocenters. The standard InChI is InChI=1S/C20H24N2O2.2C2HF3O2/c1-2-12-23-19-10-9-18-20(19)24-13-11-22(18)14-16-8-7-15-5-3-4-6-17(15)21-16;2*3-2(4,5)1(6)7/h2-8,18-20H,1,9-14H2;2*(H,6,7)/t18-,19+,20+;;/m0../s1. The molecule has 38 heavy (non-hydrogen) atoms. The van der Waals surface area contributed by atoms with Gasteiger partial charge in [-0.25, -0.2) is 9.59 Å². The first-order valence-corrected chi connectivity index (χ1v) is 11.3. The van der Waals surface area contributed by atoms with Gasteiger partial charge in [-0.15, -0.1) is 6.58 Å². The van der Waals surface area contributed by atoms with Crippen molar-refractivity contribution in [1.82, 2.24) is 9.88 Å². The third kappa shape index (κ3) is 9.26. The Hall–Kier alpha value is -3.23.